The third-order valence-electron chi connectivity index (χ3n) is 3.10. The summed E-state index contributed by atoms with van der Waals surface area (Å²) >= 11 is 3.42. The van der Waals surface area contributed by atoms with Crippen molar-refractivity contribution in [3.63, 3.8) is 0 Å². The van der Waals surface area contributed by atoms with Crippen LogP contribution in [0, 0.1) is 23.4 Å². The van der Waals surface area contributed by atoms with E-state index in [2.05, 4.69) is 15.9 Å². The third kappa shape index (κ3) is 4.37. The minimum Gasteiger partial charge on any atom is -0.207 e. The first kappa shape index (κ1) is 15.1. The Balaban J connectivity index is 2.06. The van der Waals surface area contributed by atoms with Crippen molar-refractivity contribution in [2.45, 2.75) is 12.8 Å². The minimum atomic E-state index is -0.560. The topological polar surface area (TPSA) is 0 Å². The molecule has 0 spiro atoms. The molecule has 0 nitrogen and oxygen atoms in total. The van der Waals surface area contributed by atoms with Crippen molar-refractivity contribution in [3.8, 4) is 0 Å². The maximum Gasteiger partial charge on any atom is 0.126 e. The molecule has 2 aromatic carbocycles. The highest BCUT2D eigenvalue weighted by atomic mass is 79.9. The number of hydrogen-bond acceptors (Lipinski definition) is 0. The number of rotatable bonds is 5. The Bertz CT molecular complexity index is 546. The predicted octanol–water partition coefficient (Wildman–Crippen LogP) is 4.90. The zero-order valence-corrected chi connectivity index (χ0v) is 12.3. The highest BCUT2D eigenvalue weighted by molar-refractivity contribution is 9.09. The van der Waals surface area contributed by atoms with Crippen LogP contribution in [-0.4, -0.2) is 5.33 Å². The van der Waals surface area contributed by atoms with E-state index in [9.17, 15) is 13.2 Å². The van der Waals surface area contributed by atoms with Gasteiger partial charge in [-0.3, -0.25) is 0 Å². The van der Waals surface area contributed by atoms with Gasteiger partial charge in [0.05, 0.1) is 0 Å². The van der Waals surface area contributed by atoms with Crippen LogP contribution in [0.25, 0.3) is 0 Å². The molecule has 0 bridgehead atoms. The van der Waals surface area contributed by atoms with Crippen molar-refractivity contribution < 1.29 is 13.2 Å². The second kappa shape index (κ2) is 6.93. The Morgan fingerprint density at radius 1 is 0.750 bits per heavy atom. The first-order chi connectivity index (χ1) is 9.56. The van der Waals surface area contributed by atoms with Crippen LogP contribution in [0.5, 0.6) is 0 Å². The smallest absolute Gasteiger partial charge is 0.126 e. The lowest BCUT2D eigenvalue weighted by atomic mass is 9.94. The molecule has 4 heteroatoms. The van der Waals surface area contributed by atoms with Gasteiger partial charge in [-0.05, 0) is 54.2 Å². The second-order valence-corrected chi connectivity index (χ2v) is 5.48. The normalized spacial score (nSPS) is 12.4. The number of alkyl halides is 1. The van der Waals surface area contributed by atoms with E-state index in [1.807, 2.05) is 0 Å². The Kier molecular flexibility index (Phi) is 5.24. The van der Waals surface area contributed by atoms with Gasteiger partial charge in [0, 0.05) is 11.4 Å². The highest BCUT2D eigenvalue weighted by Crippen LogP contribution is 2.19. The summed E-state index contributed by atoms with van der Waals surface area (Å²) in [6.45, 7) is 0. The number of halogens is 4. The Labute approximate surface area is 124 Å². The summed E-state index contributed by atoms with van der Waals surface area (Å²) in [4.78, 5) is 0. The van der Waals surface area contributed by atoms with E-state index < -0.39 is 11.6 Å². The van der Waals surface area contributed by atoms with Gasteiger partial charge in [-0.15, -0.1) is 0 Å². The molecule has 20 heavy (non-hydrogen) atoms. The van der Waals surface area contributed by atoms with Crippen LogP contribution in [0.1, 0.15) is 11.1 Å². The zero-order chi connectivity index (χ0) is 14.5. The number of hydrogen-bond donors (Lipinski definition) is 0. The van der Waals surface area contributed by atoms with E-state index in [0.29, 0.717) is 17.3 Å². The molecule has 2 aromatic rings. The van der Waals surface area contributed by atoms with Crippen LogP contribution in [0.3, 0.4) is 0 Å². The maximum atomic E-state index is 13.2. The molecule has 106 valence electrons. The van der Waals surface area contributed by atoms with Crippen molar-refractivity contribution in [2.75, 3.05) is 5.33 Å². The van der Waals surface area contributed by atoms with Crippen molar-refractivity contribution >= 4 is 15.9 Å². The van der Waals surface area contributed by atoms with E-state index in [4.69, 9.17) is 0 Å². The summed E-state index contributed by atoms with van der Waals surface area (Å²) < 4.78 is 39.2. The summed E-state index contributed by atoms with van der Waals surface area (Å²) in [5.74, 6) is -1.19. The van der Waals surface area contributed by atoms with E-state index in [1.54, 1.807) is 12.1 Å². The molecule has 0 fully saturated rings. The van der Waals surface area contributed by atoms with Gasteiger partial charge in [0.25, 0.3) is 0 Å². The fourth-order valence-corrected chi connectivity index (χ4v) is 2.66. The lowest BCUT2D eigenvalue weighted by Gasteiger charge is -2.14. The molecule has 0 aliphatic heterocycles. The summed E-state index contributed by atoms with van der Waals surface area (Å²) in [7, 11) is 0. The average molecular weight is 343 g/mol. The summed E-state index contributed by atoms with van der Waals surface area (Å²) in [5, 5.41) is 0.711. The third-order valence-corrected chi connectivity index (χ3v) is 4.02. The molecular weight excluding hydrogens is 329 g/mol. The molecule has 0 radical (unpaired) electrons. The standard InChI is InChI=1S/C16H14BrF3/c17-10-13(5-11-1-3-14(18)4-2-11)6-12-7-15(19)9-16(20)8-12/h1-4,7-9,13H,5-6,10H2. The molecule has 0 saturated heterocycles. The molecule has 2 rings (SSSR count). The Morgan fingerprint density at radius 2 is 1.30 bits per heavy atom. The first-order valence-corrected chi connectivity index (χ1v) is 7.44. The van der Waals surface area contributed by atoms with Crippen LogP contribution < -0.4 is 0 Å². The molecule has 0 aliphatic carbocycles. The van der Waals surface area contributed by atoms with Crippen LogP contribution in [-0.2, 0) is 12.8 Å². The molecule has 1 atom stereocenters. The van der Waals surface area contributed by atoms with Gasteiger partial charge in [0.15, 0.2) is 0 Å². The van der Waals surface area contributed by atoms with E-state index in [0.717, 1.165) is 18.1 Å². The van der Waals surface area contributed by atoms with Gasteiger partial charge < -0.3 is 0 Å². The van der Waals surface area contributed by atoms with Crippen LogP contribution in [0.15, 0.2) is 42.5 Å². The number of benzene rings is 2. The molecule has 0 N–H and O–H groups in total. The Hall–Kier alpha value is -1.29. The minimum absolute atomic E-state index is 0.196. The van der Waals surface area contributed by atoms with Gasteiger partial charge in [-0.2, -0.15) is 0 Å². The molecule has 0 aliphatic rings. The SMILES string of the molecule is Fc1ccc(CC(CBr)Cc2cc(F)cc(F)c2)cc1. The van der Waals surface area contributed by atoms with Gasteiger partial charge in [-0.25, -0.2) is 13.2 Å². The summed E-state index contributed by atoms with van der Waals surface area (Å²) in [5.41, 5.74) is 1.64. The van der Waals surface area contributed by atoms with Gasteiger partial charge in [0.2, 0.25) is 0 Å². The molecule has 0 heterocycles. The van der Waals surface area contributed by atoms with Crippen molar-refractivity contribution in [2.24, 2.45) is 5.92 Å². The fraction of sp³-hybridized carbons (Fsp3) is 0.250. The van der Waals surface area contributed by atoms with Gasteiger partial charge in [-0.1, -0.05) is 28.1 Å². The van der Waals surface area contributed by atoms with Crippen molar-refractivity contribution in [3.05, 3.63) is 71.0 Å². The molecule has 1 unspecified atom stereocenters. The lowest BCUT2D eigenvalue weighted by molar-refractivity contribution is 0.559. The van der Waals surface area contributed by atoms with Crippen LogP contribution >= 0.6 is 15.9 Å². The van der Waals surface area contributed by atoms with Crippen LogP contribution in [0.4, 0.5) is 13.2 Å². The molecule has 0 saturated carbocycles. The second-order valence-electron chi connectivity index (χ2n) is 4.83. The predicted molar refractivity (Wildman–Crippen MR) is 77.5 cm³/mol. The summed E-state index contributed by atoms with van der Waals surface area (Å²) in [6, 6.07) is 9.87. The maximum absolute atomic E-state index is 13.2. The van der Waals surface area contributed by atoms with Crippen LogP contribution in [0.2, 0.25) is 0 Å². The average Bonchev–Trinajstić information content (AvgIpc) is 2.39. The molecule has 0 amide bonds. The fourth-order valence-electron chi connectivity index (χ4n) is 2.20. The van der Waals surface area contributed by atoms with E-state index in [-0.39, 0.29) is 11.7 Å². The van der Waals surface area contributed by atoms with Gasteiger partial charge >= 0.3 is 0 Å². The Morgan fingerprint density at radius 3 is 1.85 bits per heavy atom. The van der Waals surface area contributed by atoms with E-state index in [1.165, 1.54) is 24.3 Å². The summed E-state index contributed by atoms with van der Waals surface area (Å²) in [6.07, 6.45) is 1.29. The molecule has 0 aromatic heterocycles. The first-order valence-electron chi connectivity index (χ1n) is 6.32. The van der Waals surface area contributed by atoms with Gasteiger partial charge in [0.1, 0.15) is 17.5 Å². The zero-order valence-electron chi connectivity index (χ0n) is 10.8. The molecular formula is C16H14BrF3. The quantitative estimate of drug-likeness (QED) is 0.678. The van der Waals surface area contributed by atoms with Crippen molar-refractivity contribution in [1.29, 1.82) is 0 Å². The van der Waals surface area contributed by atoms with E-state index >= 15 is 0 Å². The largest absolute Gasteiger partial charge is 0.207 e. The highest BCUT2D eigenvalue weighted by Gasteiger charge is 2.11. The monoisotopic (exact) mass is 342 g/mol. The lowest BCUT2D eigenvalue weighted by Crippen LogP contribution is -2.10. The van der Waals surface area contributed by atoms with Crippen molar-refractivity contribution in [1.82, 2.24) is 0 Å².